The fraction of sp³-hybridized carbons (Fsp3) is 0.0909. The zero-order valence-corrected chi connectivity index (χ0v) is 16.6. The second-order valence-electron chi connectivity index (χ2n) is 6.06. The molecule has 0 aromatic heterocycles. The standard InChI is InChI=1S/C22H19ClN2O4/c1-28-17-8-3-14(4-9-17)21(26)24-16-7-12-19(23)20(13-16)25-22(27)15-5-10-18(29-2)11-6-15/h3-13H,1-2H3,(H,24,26)(H,25,27). The molecule has 0 aliphatic rings. The van der Waals surface area contributed by atoms with Crippen molar-refractivity contribution in [1.82, 2.24) is 0 Å². The Morgan fingerprint density at radius 2 is 1.21 bits per heavy atom. The van der Waals surface area contributed by atoms with Crippen LogP contribution in [0.5, 0.6) is 11.5 Å². The molecule has 3 rings (SSSR count). The van der Waals surface area contributed by atoms with Crippen LogP contribution in [-0.2, 0) is 0 Å². The van der Waals surface area contributed by atoms with Gasteiger partial charge in [-0.1, -0.05) is 11.6 Å². The molecule has 29 heavy (non-hydrogen) atoms. The lowest BCUT2D eigenvalue weighted by Gasteiger charge is -2.11. The smallest absolute Gasteiger partial charge is 0.255 e. The minimum atomic E-state index is -0.326. The Hall–Kier alpha value is -3.51. The number of rotatable bonds is 6. The van der Waals surface area contributed by atoms with E-state index in [4.69, 9.17) is 21.1 Å². The van der Waals surface area contributed by atoms with Crippen LogP contribution in [0.4, 0.5) is 11.4 Å². The molecule has 0 aliphatic carbocycles. The van der Waals surface area contributed by atoms with Gasteiger partial charge in [0.1, 0.15) is 11.5 Å². The molecule has 0 aliphatic heterocycles. The molecule has 0 heterocycles. The quantitative estimate of drug-likeness (QED) is 0.608. The summed E-state index contributed by atoms with van der Waals surface area (Å²) in [6, 6.07) is 18.3. The zero-order chi connectivity index (χ0) is 20.8. The van der Waals surface area contributed by atoms with Crippen molar-refractivity contribution in [2.45, 2.75) is 0 Å². The maximum atomic E-state index is 12.5. The predicted molar refractivity (Wildman–Crippen MR) is 113 cm³/mol. The molecule has 148 valence electrons. The van der Waals surface area contributed by atoms with Crippen LogP contribution in [0.25, 0.3) is 0 Å². The summed E-state index contributed by atoms with van der Waals surface area (Å²) in [5.74, 6) is 0.704. The van der Waals surface area contributed by atoms with Gasteiger partial charge in [0.25, 0.3) is 11.8 Å². The Kier molecular flexibility index (Phi) is 6.36. The summed E-state index contributed by atoms with van der Waals surface area (Å²) in [6.07, 6.45) is 0. The highest BCUT2D eigenvalue weighted by Crippen LogP contribution is 2.27. The first-order valence-corrected chi connectivity index (χ1v) is 9.08. The summed E-state index contributed by atoms with van der Waals surface area (Å²) in [5.41, 5.74) is 1.82. The molecule has 7 heteroatoms. The van der Waals surface area contributed by atoms with Crippen molar-refractivity contribution >= 4 is 34.8 Å². The number of hydrogen-bond acceptors (Lipinski definition) is 4. The van der Waals surface area contributed by atoms with Gasteiger partial charge in [-0.15, -0.1) is 0 Å². The number of anilines is 2. The second kappa shape index (κ2) is 9.12. The Bertz CT molecular complexity index is 1020. The van der Waals surface area contributed by atoms with E-state index in [9.17, 15) is 9.59 Å². The molecule has 3 aromatic rings. The molecule has 0 bridgehead atoms. The number of methoxy groups -OCH3 is 2. The summed E-state index contributed by atoms with van der Waals surface area (Å²) < 4.78 is 10.2. The van der Waals surface area contributed by atoms with E-state index >= 15 is 0 Å². The van der Waals surface area contributed by atoms with Crippen LogP contribution >= 0.6 is 11.6 Å². The minimum absolute atomic E-state index is 0.289. The number of benzene rings is 3. The molecule has 0 fully saturated rings. The molecule has 0 radical (unpaired) electrons. The molecular weight excluding hydrogens is 392 g/mol. The molecule has 0 spiro atoms. The SMILES string of the molecule is COc1ccc(C(=O)Nc2ccc(Cl)c(NC(=O)c3ccc(OC)cc3)c2)cc1. The van der Waals surface area contributed by atoms with Gasteiger partial charge in [-0.05, 0) is 66.7 Å². The van der Waals surface area contributed by atoms with Crippen molar-refractivity contribution < 1.29 is 19.1 Å². The number of carbonyl (C=O) groups excluding carboxylic acids is 2. The highest BCUT2D eigenvalue weighted by Gasteiger charge is 2.12. The van der Waals surface area contributed by atoms with E-state index in [1.54, 1.807) is 80.9 Å². The van der Waals surface area contributed by atoms with Gasteiger partial charge in [0.2, 0.25) is 0 Å². The van der Waals surface area contributed by atoms with Gasteiger partial charge in [-0.3, -0.25) is 9.59 Å². The molecule has 0 unspecified atom stereocenters. The van der Waals surface area contributed by atoms with Crippen molar-refractivity contribution in [2.24, 2.45) is 0 Å². The third kappa shape index (κ3) is 5.06. The van der Waals surface area contributed by atoms with Crippen LogP contribution in [0.1, 0.15) is 20.7 Å². The summed E-state index contributed by atoms with van der Waals surface area (Å²) in [5, 5.41) is 5.89. The monoisotopic (exact) mass is 410 g/mol. The van der Waals surface area contributed by atoms with Crippen LogP contribution in [0.2, 0.25) is 5.02 Å². The Morgan fingerprint density at radius 3 is 1.69 bits per heavy atom. The first-order valence-electron chi connectivity index (χ1n) is 8.70. The number of hydrogen-bond donors (Lipinski definition) is 2. The lowest BCUT2D eigenvalue weighted by atomic mass is 10.2. The summed E-state index contributed by atoms with van der Waals surface area (Å²) >= 11 is 6.20. The van der Waals surface area contributed by atoms with Gasteiger partial charge < -0.3 is 20.1 Å². The number of nitrogens with one attached hydrogen (secondary N) is 2. The third-order valence-electron chi connectivity index (χ3n) is 4.18. The van der Waals surface area contributed by atoms with Crippen molar-refractivity contribution in [3.63, 3.8) is 0 Å². The van der Waals surface area contributed by atoms with Gasteiger partial charge in [-0.25, -0.2) is 0 Å². The molecular formula is C22H19ClN2O4. The molecule has 2 N–H and O–H groups in total. The van der Waals surface area contributed by atoms with E-state index in [0.29, 0.717) is 39.0 Å². The highest BCUT2D eigenvalue weighted by atomic mass is 35.5. The van der Waals surface area contributed by atoms with Crippen LogP contribution in [-0.4, -0.2) is 26.0 Å². The van der Waals surface area contributed by atoms with Crippen LogP contribution < -0.4 is 20.1 Å². The molecule has 2 amide bonds. The molecule has 0 saturated heterocycles. The van der Waals surface area contributed by atoms with Gasteiger partial charge in [0, 0.05) is 16.8 Å². The van der Waals surface area contributed by atoms with E-state index in [0.717, 1.165) is 0 Å². The Balaban J connectivity index is 1.72. The van der Waals surface area contributed by atoms with Gasteiger partial charge in [0.05, 0.1) is 24.9 Å². The predicted octanol–water partition coefficient (Wildman–Crippen LogP) is 4.86. The normalized spacial score (nSPS) is 10.2. The average molecular weight is 411 g/mol. The molecule has 0 saturated carbocycles. The van der Waals surface area contributed by atoms with Gasteiger partial charge >= 0.3 is 0 Å². The third-order valence-corrected chi connectivity index (χ3v) is 4.51. The maximum absolute atomic E-state index is 12.5. The van der Waals surface area contributed by atoms with Crippen LogP contribution in [0.15, 0.2) is 66.7 Å². The van der Waals surface area contributed by atoms with Crippen molar-refractivity contribution in [2.75, 3.05) is 24.9 Å². The van der Waals surface area contributed by atoms with E-state index in [2.05, 4.69) is 10.6 Å². The topological polar surface area (TPSA) is 76.7 Å². The first kappa shape index (κ1) is 20.2. The van der Waals surface area contributed by atoms with Crippen molar-refractivity contribution in [1.29, 1.82) is 0 Å². The van der Waals surface area contributed by atoms with Crippen molar-refractivity contribution in [3.05, 3.63) is 82.9 Å². The largest absolute Gasteiger partial charge is 0.497 e. The summed E-state index contributed by atoms with van der Waals surface area (Å²) in [7, 11) is 3.12. The second-order valence-corrected chi connectivity index (χ2v) is 6.47. The van der Waals surface area contributed by atoms with E-state index in [1.807, 2.05) is 0 Å². The summed E-state index contributed by atoms with van der Waals surface area (Å²) in [4.78, 5) is 24.9. The van der Waals surface area contributed by atoms with E-state index < -0.39 is 0 Å². The van der Waals surface area contributed by atoms with Crippen LogP contribution in [0.3, 0.4) is 0 Å². The van der Waals surface area contributed by atoms with E-state index in [1.165, 1.54) is 0 Å². The van der Waals surface area contributed by atoms with Crippen LogP contribution in [0, 0.1) is 0 Å². The minimum Gasteiger partial charge on any atom is -0.497 e. The number of ether oxygens (including phenoxy) is 2. The van der Waals surface area contributed by atoms with Crippen molar-refractivity contribution in [3.8, 4) is 11.5 Å². The number of carbonyl (C=O) groups is 2. The fourth-order valence-electron chi connectivity index (χ4n) is 2.58. The van der Waals surface area contributed by atoms with E-state index in [-0.39, 0.29) is 11.8 Å². The molecule has 0 atom stereocenters. The number of amides is 2. The Morgan fingerprint density at radius 1 is 0.724 bits per heavy atom. The molecule has 6 nitrogen and oxygen atoms in total. The van der Waals surface area contributed by atoms with Gasteiger partial charge in [-0.2, -0.15) is 0 Å². The highest BCUT2D eigenvalue weighted by molar-refractivity contribution is 6.34. The first-order chi connectivity index (χ1) is 14.0. The Labute approximate surface area is 173 Å². The average Bonchev–Trinajstić information content (AvgIpc) is 2.76. The molecule has 3 aromatic carbocycles. The summed E-state index contributed by atoms with van der Waals surface area (Å²) in [6.45, 7) is 0. The maximum Gasteiger partial charge on any atom is 0.255 e. The fourth-order valence-corrected chi connectivity index (χ4v) is 2.75. The number of halogens is 1. The lowest BCUT2D eigenvalue weighted by Crippen LogP contribution is -2.14. The zero-order valence-electron chi connectivity index (χ0n) is 15.9. The lowest BCUT2D eigenvalue weighted by molar-refractivity contribution is 0.101. The van der Waals surface area contributed by atoms with Gasteiger partial charge in [0.15, 0.2) is 0 Å².